The lowest BCUT2D eigenvalue weighted by atomic mass is 9.82. The van der Waals surface area contributed by atoms with Gasteiger partial charge in [-0.25, -0.2) is 0 Å². The summed E-state index contributed by atoms with van der Waals surface area (Å²) in [6, 6.07) is 9.14. The van der Waals surface area contributed by atoms with Gasteiger partial charge in [-0.2, -0.15) is 0 Å². The molecule has 1 atom stereocenters. The summed E-state index contributed by atoms with van der Waals surface area (Å²) in [6.07, 6.45) is 3.56. The Balaban J connectivity index is 2.11. The van der Waals surface area contributed by atoms with Crippen molar-refractivity contribution in [3.63, 3.8) is 0 Å². The summed E-state index contributed by atoms with van der Waals surface area (Å²) in [5, 5.41) is 0. The van der Waals surface area contributed by atoms with Crippen molar-refractivity contribution in [1.82, 2.24) is 4.90 Å². The second-order valence-electron chi connectivity index (χ2n) is 6.89. The van der Waals surface area contributed by atoms with E-state index >= 15 is 0 Å². The van der Waals surface area contributed by atoms with E-state index in [1.165, 1.54) is 11.1 Å². The van der Waals surface area contributed by atoms with Crippen molar-refractivity contribution in [3.05, 3.63) is 47.0 Å². The molecule has 1 aromatic carbocycles. The Morgan fingerprint density at radius 3 is 2.30 bits per heavy atom. The van der Waals surface area contributed by atoms with Crippen molar-refractivity contribution in [2.75, 3.05) is 19.6 Å². The standard InChI is InChI=1S/C18H28N2/c1-14-5-7-15(8-6-14)17(13-19)20-11-9-16(10-12-20)18(2,3)4/h5-9,17H,10-13,19H2,1-4H3. The molecule has 0 fully saturated rings. The van der Waals surface area contributed by atoms with E-state index in [-0.39, 0.29) is 0 Å². The normalized spacial score (nSPS) is 18.8. The van der Waals surface area contributed by atoms with Gasteiger partial charge >= 0.3 is 0 Å². The molecule has 1 aliphatic rings. The molecule has 0 spiro atoms. The predicted octanol–water partition coefficient (Wildman–Crippen LogP) is 3.67. The fourth-order valence-electron chi connectivity index (χ4n) is 2.93. The topological polar surface area (TPSA) is 29.3 Å². The Hall–Kier alpha value is -1.12. The van der Waals surface area contributed by atoms with Gasteiger partial charge in [0.1, 0.15) is 0 Å². The highest BCUT2D eigenvalue weighted by molar-refractivity contribution is 5.25. The molecular formula is C18H28N2. The van der Waals surface area contributed by atoms with Gasteiger partial charge in [-0.3, -0.25) is 4.90 Å². The van der Waals surface area contributed by atoms with Crippen molar-refractivity contribution in [2.24, 2.45) is 11.1 Å². The lowest BCUT2D eigenvalue weighted by Gasteiger charge is -2.36. The maximum absolute atomic E-state index is 6.03. The molecule has 20 heavy (non-hydrogen) atoms. The molecule has 2 heteroatoms. The molecule has 0 aliphatic carbocycles. The number of rotatable bonds is 3. The first-order valence-electron chi connectivity index (χ1n) is 7.62. The molecule has 1 aliphatic heterocycles. The highest BCUT2D eigenvalue weighted by Gasteiger charge is 2.25. The highest BCUT2D eigenvalue weighted by atomic mass is 15.2. The zero-order valence-electron chi connectivity index (χ0n) is 13.3. The maximum atomic E-state index is 6.03. The molecule has 0 saturated heterocycles. The van der Waals surface area contributed by atoms with E-state index in [1.54, 1.807) is 5.57 Å². The predicted molar refractivity (Wildman–Crippen MR) is 86.7 cm³/mol. The highest BCUT2D eigenvalue weighted by Crippen LogP contribution is 2.32. The van der Waals surface area contributed by atoms with Gasteiger partial charge in [0.2, 0.25) is 0 Å². The number of nitrogens with two attached hydrogens (primary N) is 1. The van der Waals surface area contributed by atoms with Gasteiger partial charge in [0.25, 0.3) is 0 Å². The summed E-state index contributed by atoms with van der Waals surface area (Å²) in [6.45, 7) is 11.8. The second kappa shape index (κ2) is 6.11. The third kappa shape index (κ3) is 3.50. The fourth-order valence-corrected chi connectivity index (χ4v) is 2.93. The average molecular weight is 272 g/mol. The molecule has 0 saturated carbocycles. The molecule has 0 radical (unpaired) electrons. The molecule has 1 aromatic rings. The van der Waals surface area contributed by atoms with Crippen LogP contribution >= 0.6 is 0 Å². The Morgan fingerprint density at radius 1 is 1.20 bits per heavy atom. The Bertz CT molecular complexity index is 465. The van der Waals surface area contributed by atoms with Crippen molar-refractivity contribution in [3.8, 4) is 0 Å². The van der Waals surface area contributed by atoms with E-state index in [0.717, 1.165) is 19.5 Å². The van der Waals surface area contributed by atoms with Gasteiger partial charge in [-0.15, -0.1) is 0 Å². The van der Waals surface area contributed by atoms with Crippen molar-refractivity contribution in [1.29, 1.82) is 0 Å². The zero-order chi connectivity index (χ0) is 14.8. The molecule has 110 valence electrons. The van der Waals surface area contributed by atoms with Crippen molar-refractivity contribution < 1.29 is 0 Å². The number of benzene rings is 1. The molecule has 2 nitrogen and oxygen atoms in total. The second-order valence-corrected chi connectivity index (χ2v) is 6.89. The minimum Gasteiger partial charge on any atom is -0.329 e. The van der Waals surface area contributed by atoms with E-state index in [4.69, 9.17) is 5.73 Å². The average Bonchev–Trinajstić information content (AvgIpc) is 2.41. The van der Waals surface area contributed by atoms with Crippen molar-refractivity contribution in [2.45, 2.75) is 40.2 Å². The number of hydrogen-bond donors (Lipinski definition) is 1. The third-order valence-electron chi connectivity index (χ3n) is 4.33. The maximum Gasteiger partial charge on any atom is 0.0473 e. The third-order valence-corrected chi connectivity index (χ3v) is 4.33. The lowest BCUT2D eigenvalue weighted by Crippen LogP contribution is -2.38. The van der Waals surface area contributed by atoms with Gasteiger partial charge in [0, 0.05) is 25.7 Å². The number of aryl methyl sites for hydroxylation is 1. The molecule has 0 bridgehead atoms. The van der Waals surface area contributed by atoms with Crippen LogP contribution in [-0.2, 0) is 0 Å². The van der Waals surface area contributed by atoms with Crippen LogP contribution in [0.2, 0.25) is 0 Å². The summed E-state index contributed by atoms with van der Waals surface area (Å²) in [7, 11) is 0. The van der Waals surface area contributed by atoms with E-state index in [0.29, 0.717) is 18.0 Å². The Morgan fingerprint density at radius 2 is 1.85 bits per heavy atom. The van der Waals surface area contributed by atoms with Crippen LogP contribution in [0.5, 0.6) is 0 Å². The molecule has 0 aromatic heterocycles. The molecule has 2 rings (SSSR count). The molecule has 0 amide bonds. The van der Waals surface area contributed by atoms with E-state index in [1.807, 2.05) is 0 Å². The summed E-state index contributed by atoms with van der Waals surface area (Å²) >= 11 is 0. The molecular weight excluding hydrogens is 244 g/mol. The van der Waals surface area contributed by atoms with Gasteiger partial charge in [-0.1, -0.05) is 62.2 Å². The van der Waals surface area contributed by atoms with Crippen LogP contribution in [0.25, 0.3) is 0 Å². The number of hydrogen-bond acceptors (Lipinski definition) is 2. The summed E-state index contributed by atoms with van der Waals surface area (Å²) in [5.74, 6) is 0. The number of nitrogens with zero attached hydrogens (tertiary/aromatic N) is 1. The zero-order valence-corrected chi connectivity index (χ0v) is 13.3. The van der Waals surface area contributed by atoms with Crippen LogP contribution in [0, 0.1) is 12.3 Å². The van der Waals surface area contributed by atoms with Gasteiger partial charge < -0.3 is 5.73 Å². The van der Waals surface area contributed by atoms with Gasteiger partial charge in [-0.05, 0) is 24.3 Å². The first-order valence-corrected chi connectivity index (χ1v) is 7.62. The van der Waals surface area contributed by atoms with Gasteiger partial charge in [0.05, 0.1) is 0 Å². The monoisotopic (exact) mass is 272 g/mol. The van der Waals surface area contributed by atoms with E-state index in [9.17, 15) is 0 Å². The van der Waals surface area contributed by atoms with E-state index in [2.05, 4.69) is 62.9 Å². The van der Waals surface area contributed by atoms with Gasteiger partial charge in [0.15, 0.2) is 0 Å². The fraction of sp³-hybridized carbons (Fsp3) is 0.556. The van der Waals surface area contributed by atoms with E-state index < -0.39 is 0 Å². The van der Waals surface area contributed by atoms with Crippen LogP contribution in [0.4, 0.5) is 0 Å². The minimum absolute atomic E-state index is 0.300. The Kier molecular flexibility index (Phi) is 4.66. The van der Waals surface area contributed by atoms with Crippen LogP contribution in [0.3, 0.4) is 0 Å². The summed E-state index contributed by atoms with van der Waals surface area (Å²) < 4.78 is 0. The summed E-state index contributed by atoms with van der Waals surface area (Å²) in [4.78, 5) is 2.50. The largest absolute Gasteiger partial charge is 0.329 e. The minimum atomic E-state index is 0.300. The molecule has 1 heterocycles. The molecule has 1 unspecified atom stereocenters. The quantitative estimate of drug-likeness (QED) is 0.851. The van der Waals surface area contributed by atoms with Crippen LogP contribution in [0.1, 0.15) is 44.4 Å². The lowest BCUT2D eigenvalue weighted by molar-refractivity contribution is 0.209. The first-order chi connectivity index (χ1) is 9.41. The summed E-state index contributed by atoms with van der Waals surface area (Å²) in [5.41, 5.74) is 10.6. The van der Waals surface area contributed by atoms with Crippen molar-refractivity contribution >= 4 is 0 Å². The smallest absolute Gasteiger partial charge is 0.0473 e. The van der Waals surface area contributed by atoms with Crippen LogP contribution in [-0.4, -0.2) is 24.5 Å². The first kappa shape index (κ1) is 15.3. The molecule has 2 N–H and O–H groups in total. The van der Waals surface area contributed by atoms with Crippen LogP contribution < -0.4 is 5.73 Å². The Labute approximate surface area is 123 Å². The van der Waals surface area contributed by atoms with Crippen LogP contribution in [0.15, 0.2) is 35.9 Å². The SMILES string of the molecule is Cc1ccc(C(CN)N2CC=C(C(C)(C)C)CC2)cc1.